The summed E-state index contributed by atoms with van der Waals surface area (Å²) in [5.41, 5.74) is 7.64. The minimum absolute atomic E-state index is 0.102. The second-order valence-corrected chi connectivity index (χ2v) is 9.90. The van der Waals surface area contributed by atoms with E-state index in [1.54, 1.807) is 50.8 Å². The largest absolute Gasteiger partial charge is 0.494 e. The summed E-state index contributed by atoms with van der Waals surface area (Å²) in [6, 6.07) is 7.77. The van der Waals surface area contributed by atoms with Crippen LogP contribution in [-0.4, -0.2) is 29.2 Å². The van der Waals surface area contributed by atoms with Gasteiger partial charge >= 0.3 is 0 Å². The van der Waals surface area contributed by atoms with Crippen molar-refractivity contribution in [3.8, 4) is 28.4 Å². The highest BCUT2D eigenvalue weighted by molar-refractivity contribution is 9.10. The summed E-state index contributed by atoms with van der Waals surface area (Å²) in [6.45, 7) is 1.69. The summed E-state index contributed by atoms with van der Waals surface area (Å²) >= 11 is 27.1. The van der Waals surface area contributed by atoms with Crippen LogP contribution in [0.25, 0.3) is 11.1 Å². The molecular formula is C25H20BrCl4FN4O3. The van der Waals surface area contributed by atoms with Crippen LogP contribution >= 0.6 is 62.3 Å². The molecule has 3 heterocycles. The first-order chi connectivity index (χ1) is 18.0. The summed E-state index contributed by atoms with van der Waals surface area (Å²) in [4.78, 5) is 12.1. The Balaban J connectivity index is 0.000000336. The van der Waals surface area contributed by atoms with Crippen LogP contribution in [0, 0.1) is 5.82 Å². The topological polar surface area (TPSA) is 92.4 Å². The maximum Gasteiger partial charge on any atom is 0.171 e. The minimum Gasteiger partial charge on any atom is -0.494 e. The molecule has 1 aromatic carbocycles. The SMILES string of the molecule is COc1cc(-c2cnc(N)c(O[C@H](C)c3c(Cl)ccc(F)c3Cl)c2)cnc1Cl.COc1cc(Br)cnc1Cl. The van der Waals surface area contributed by atoms with E-state index in [1.807, 2.05) is 0 Å². The summed E-state index contributed by atoms with van der Waals surface area (Å²) in [5.74, 6) is 0.861. The number of aromatic nitrogens is 3. The van der Waals surface area contributed by atoms with E-state index in [0.717, 1.165) is 4.47 Å². The number of pyridine rings is 3. The number of anilines is 1. The molecule has 0 fully saturated rings. The van der Waals surface area contributed by atoms with Gasteiger partial charge in [0, 0.05) is 44.8 Å². The Bertz CT molecular complexity index is 1450. The zero-order valence-electron chi connectivity index (χ0n) is 20.1. The van der Waals surface area contributed by atoms with Crippen molar-refractivity contribution in [2.45, 2.75) is 13.0 Å². The molecular weight excluding hydrogens is 645 g/mol. The number of halogens is 6. The molecule has 0 amide bonds. The van der Waals surface area contributed by atoms with Gasteiger partial charge in [-0.2, -0.15) is 0 Å². The molecule has 200 valence electrons. The lowest BCUT2D eigenvalue weighted by Crippen LogP contribution is -2.08. The molecule has 4 aromatic rings. The van der Waals surface area contributed by atoms with Gasteiger partial charge in [0.05, 0.1) is 19.2 Å². The Labute approximate surface area is 247 Å². The average molecular weight is 665 g/mol. The predicted molar refractivity (Wildman–Crippen MR) is 152 cm³/mol. The Hall–Kier alpha value is -2.56. The molecule has 0 radical (unpaired) electrons. The van der Waals surface area contributed by atoms with E-state index in [9.17, 15) is 4.39 Å². The van der Waals surface area contributed by atoms with Crippen LogP contribution < -0.4 is 19.9 Å². The highest BCUT2D eigenvalue weighted by Gasteiger charge is 2.20. The number of nitrogen functional groups attached to an aromatic ring is 1. The zero-order valence-corrected chi connectivity index (χ0v) is 24.7. The van der Waals surface area contributed by atoms with Crippen molar-refractivity contribution in [2.75, 3.05) is 20.0 Å². The van der Waals surface area contributed by atoms with Crippen molar-refractivity contribution >= 4 is 68.2 Å². The normalized spacial score (nSPS) is 11.3. The van der Waals surface area contributed by atoms with Crippen LogP contribution in [0.1, 0.15) is 18.6 Å². The molecule has 2 N–H and O–H groups in total. The Kier molecular flexibility index (Phi) is 10.6. The van der Waals surface area contributed by atoms with Crippen molar-refractivity contribution in [1.29, 1.82) is 0 Å². The molecule has 38 heavy (non-hydrogen) atoms. The second kappa shape index (κ2) is 13.5. The number of nitrogens with two attached hydrogens (primary N) is 1. The average Bonchev–Trinajstić information content (AvgIpc) is 2.90. The number of hydrogen-bond acceptors (Lipinski definition) is 7. The highest BCUT2D eigenvalue weighted by atomic mass is 79.9. The van der Waals surface area contributed by atoms with E-state index in [4.69, 9.17) is 66.3 Å². The van der Waals surface area contributed by atoms with Gasteiger partial charge < -0.3 is 19.9 Å². The van der Waals surface area contributed by atoms with E-state index in [2.05, 4.69) is 30.9 Å². The van der Waals surface area contributed by atoms with Gasteiger partial charge in [-0.15, -0.1) is 0 Å². The molecule has 13 heteroatoms. The molecule has 7 nitrogen and oxygen atoms in total. The first-order valence-corrected chi connectivity index (χ1v) is 13.0. The number of hydrogen-bond donors (Lipinski definition) is 1. The first-order valence-electron chi connectivity index (χ1n) is 10.7. The van der Waals surface area contributed by atoms with Crippen molar-refractivity contribution in [2.24, 2.45) is 0 Å². The standard InChI is InChI=1S/C19H15Cl3FN3O2.C6H5BrClNO/c1-9(16-12(20)3-4-13(23)17(16)21)28-15-6-11(8-26-19(15)24)10-5-14(27-2)18(22)25-7-10;1-10-5-2-4(7)3-9-6(5)8/h3-9H,1-2H3,(H2,24,26);2-3H,1H3/t9-;/m1./s1. The van der Waals surface area contributed by atoms with E-state index >= 15 is 0 Å². The van der Waals surface area contributed by atoms with E-state index in [0.29, 0.717) is 33.3 Å². The summed E-state index contributed by atoms with van der Waals surface area (Å²) in [6.07, 6.45) is 4.09. The maximum absolute atomic E-state index is 13.8. The summed E-state index contributed by atoms with van der Waals surface area (Å²) in [5, 5.41) is 0.809. The fraction of sp³-hybridized carbons (Fsp3) is 0.160. The van der Waals surface area contributed by atoms with Crippen LogP contribution in [0.2, 0.25) is 20.4 Å². The lowest BCUT2D eigenvalue weighted by atomic mass is 10.1. The molecule has 3 aromatic heterocycles. The predicted octanol–water partition coefficient (Wildman–Crippen LogP) is 8.48. The lowest BCUT2D eigenvalue weighted by molar-refractivity contribution is 0.227. The molecule has 0 aliphatic rings. The lowest BCUT2D eigenvalue weighted by Gasteiger charge is -2.19. The van der Waals surface area contributed by atoms with Gasteiger partial charge in [-0.25, -0.2) is 19.3 Å². The summed E-state index contributed by atoms with van der Waals surface area (Å²) < 4.78 is 30.6. The number of nitrogens with zero attached hydrogens (tertiary/aromatic N) is 3. The van der Waals surface area contributed by atoms with Crippen LogP contribution in [-0.2, 0) is 0 Å². The number of methoxy groups -OCH3 is 2. The van der Waals surface area contributed by atoms with E-state index in [1.165, 1.54) is 19.2 Å². The smallest absolute Gasteiger partial charge is 0.171 e. The zero-order chi connectivity index (χ0) is 28.0. The molecule has 0 saturated carbocycles. The van der Waals surface area contributed by atoms with E-state index in [-0.39, 0.29) is 26.8 Å². The van der Waals surface area contributed by atoms with Gasteiger partial charge in [0.25, 0.3) is 0 Å². The van der Waals surface area contributed by atoms with Gasteiger partial charge in [0.15, 0.2) is 33.4 Å². The molecule has 0 unspecified atom stereocenters. The van der Waals surface area contributed by atoms with Gasteiger partial charge in [0.2, 0.25) is 0 Å². The maximum atomic E-state index is 13.8. The van der Waals surface area contributed by atoms with Crippen molar-refractivity contribution < 1.29 is 18.6 Å². The Morgan fingerprint density at radius 2 is 1.39 bits per heavy atom. The van der Waals surface area contributed by atoms with E-state index < -0.39 is 11.9 Å². The van der Waals surface area contributed by atoms with Crippen molar-refractivity contribution in [3.63, 3.8) is 0 Å². The third-order valence-electron chi connectivity index (χ3n) is 5.03. The monoisotopic (exact) mass is 662 g/mol. The third-order valence-corrected chi connectivity index (χ3v) is 6.74. The van der Waals surface area contributed by atoms with Gasteiger partial charge in [-0.05, 0) is 53.2 Å². The third kappa shape index (κ3) is 7.30. The molecule has 0 aliphatic heterocycles. The molecule has 0 spiro atoms. The number of benzene rings is 1. The van der Waals surface area contributed by atoms with Gasteiger partial charge in [0.1, 0.15) is 11.9 Å². The van der Waals surface area contributed by atoms with Crippen LogP contribution in [0.15, 0.2) is 53.4 Å². The van der Waals surface area contributed by atoms with Crippen LogP contribution in [0.4, 0.5) is 10.2 Å². The number of ether oxygens (including phenoxy) is 3. The van der Waals surface area contributed by atoms with Crippen molar-refractivity contribution in [3.05, 3.63) is 85.1 Å². The molecule has 1 atom stereocenters. The molecule has 0 saturated heterocycles. The molecule has 4 rings (SSSR count). The number of rotatable bonds is 6. The molecule has 0 aliphatic carbocycles. The van der Waals surface area contributed by atoms with Crippen molar-refractivity contribution in [1.82, 2.24) is 15.0 Å². The molecule has 0 bridgehead atoms. The van der Waals surface area contributed by atoms with Crippen LogP contribution in [0.3, 0.4) is 0 Å². The fourth-order valence-corrected chi connectivity index (χ4v) is 4.50. The Morgan fingerprint density at radius 3 is 2.00 bits per heavy atom. The van der Waals surface area contributed by atoms with Crippen LogP contribution in [0.5, 0.6) is 17.2 Å². The second-order valence-electron chi connectivity index (χ2n) is 7.49. The van der Waals surface area contributed by atoms with Gasteiger partial charge in [-0.3, -0.25) is 0 Å². The quantitative estimate of drug-likeness (QED) is 0.163. The highest BCUT2D eigenvalue weighted by Crippen LogP contribution is 2.37. The van der Waals surface area contributed by atoms with Gasteiger partial charge in [-0.1, -0.05) is 46.4 Å². The summed E-state index contributed by atoms with van der Waals surface area (Å²) in [7, 11) is 3.05. The first kappa shape index (κ1) is 30.0. The fourth-order valence-electron chi connectivity index (χ4n) is 3.15. The Morgan fingerprint density at radius 1 is 0.842 bits per heavy atom. The minimum atomic E-state index is -0.673.